The third kappa shape index (κ3) is 6.48. The number of hydrogen-bond donors (Lipinski definition) is 1. The summed E-state index contributed by atoms with van der Waals surface area (Å²) in [5.74, 6) is 6.07. The highest BCUT2D eigenvalue weighted by Crippen LogP contribution is 2.30. The molecule has 0 radical (unpaired) electrons. The van der Waals surface area contributed by atoms with Crippen molar-refractivity contribution in [1.82, 2.24) is 15.0 Å². The molecular weight excluding hydrogens is 444 g/mol. The lowest BCUT2D eigenvalue weighted by molar-refractivity contribution is -0.120. The molecule has 0 saturated carbocycles. The van der Waals surface area contributed by atoms with Crippen LogP contribution in [-0.2, 0) is 9.53 Å². The van der Waals surface area contributed by atoms with Crippen LogP contribution in [0.1, 0.15) is 54.5 Å². The maximum atomic E-state index is 13.1. The zero-order valence-corrected chi connectivity index (χ0v) is 20.6. The first kappa shape index (κ1) is 21.4. The van der Waals surface area contributed by atoms with E-state index in [9.17, 15) is 9.59 Å². The highest BCUT2D eigenvalue weighted by molar-refractivity contribution is 5.95. The zero-order valence-electron chi connectivity index (χ0n) is 23.6. The highest BCUT2D eigenvalue weighted by atomic mass is 16.6. The van der Waals surface area contributed by atoms with Crippen molar-refractivity contribution in [1.29, 1.82) is 0 Å². The number of benzene rings is 1. The van der Waals surface area contributed by atoms with Gasteiger partial charge in [-0.3, -0.25) is 9.69 Å². The van der Waals surface area contributed by atoms with E-state index < -0.39 is 30.6 Å². The molecule has 1 atom stereocenters. The molecule has 0 spiro atoms. The topological polar surface area (TPSA) is 97.6 Å². The predicted molar refractivity (Wildman–Crippen MR) is 134 cm³/mol. The molecule has 8 heteroatoms. The first-order valence-electron chi connectivity index (χ1n) is 12.5. The molecule has 1 aromatic carbocycles. The molecule has 0 aliphatic rings. The van der Waals surface area contributed by atoms with Crippen LogP contribution in [0.5, 0.6) is 0 Å². The summed E-state index contributed by atoms with van der Waals surface area (Å²) in [4.78, 5) is 30.7. The van der Waals surface area contributed by atoms with Crippen molar-refractivity contribution in [3.8, 4) is 23.0 Å². The van der Waals surface area contributed by atoms with E-state index >= 15 is 0 Å². The minimum atomic E-state index is -2.91. The van der Waals surface area contributed by atoms with Crippen molar-refractivity contribution in [2.24, 2.45) is 0 Å². The van der Waals surface area contributed by atoms with Crippen molar-refractivity contribution < 1.29 is 23.0 Å². The number of nitrogens with zero attached hydrogens (tertiary/aromatic N) is 3. The van der Waals surface area contributed by atoms with Crippen LogP contribution in [0, 0.1) is 25.7 Å². The summed E-state index contributed by atoms with van der Waals surface area (Å²) in [6.07, 6.45) is -1.13. The number of pyridine rings is 1. The third-order valence-corrected chi connectivity index (χ3v) is 4.91. The van der Waals surface area contributed by atoms with E-state index in [-0.39, 0.29) is 5.82 Å². The van der Waals surface area contributed by atoms with E-state index in [2.05, 4.69) is 27.3 Å². The van der Waals surface area contributed by atoms with Crippen LogP contribution in [0.4, 0.5) is 10.6 Å². The van der Waals surface area contributed by atoms with Gasteiger partial charge in [-0.15, -0.1) is 0 Å². The lowest BCUT2D eigenvalue weighted by atomic mass is 10.0. The standard InChI is InChI=1S/C27H30N4O4/c1-17-24(19(3)35-30-17)21-14-16-23(28-22(21)15-13-20-11-9-8-10-12-20)29-25(32)18(2)31(7)26(33)34-27(4,5)6/h8-12,14,16,18H,1-7H3,(H,28,29,32)/i7D3. The molecule has 182 valence electrons. The lowest BCUT2D eigenvalue weighted by Gasteiger charge is -2.28. The molecule has 2 heterocycles. The van der Waals surface area contributed by atoms with Crippen LogP contribution >= 0.6 is 0 Å². The Hall–Kier alpha value is -4.12. The van der Waals surface area contributed by atoms with Gasteiger partial charge in [0, 0.05) is 22.2 Å². The Bertz CT molecular complexity index is 1360. The van der Waals surface area contributed by atoms with Crippen LogP contribution in [0.3, 0.4) is 0 Å². The molecule has 3 rings (SSSR count). The number of anilines is 1. The number of amides is 2. The fourth-order valence-electron chi connectivity index (χ4n) is 3.16. The monoisotopic (exact) mass is 477 g/mol. The van der Waals surface area contributed by atoms with E-state index in [4.69, 9.17) is 13.4 Å². The second kappa shape index (κ2) is 10.4. The Morgan fingerprint density at radius 1 is 1.14 bits per heavy atom. The molecule has 2 aromatic heterocycles. The highest BCUT2D eigenvalue weighted by Gasteiger charge is 2.27. The Kier molecular flexibility index (Phi) is 6.38. The number of aryl methyl sites for hydroxylation is 2. The van der Waals surface area contributed by atoms with Crippen molar-refractivity contribution in [3.63, 3.8) is 0 Å². The molecule has 0 saturated heterocycles. The first-order chi connectivity index (χ1) is 17.7. The Morgan fingerprint density at radius 3 is 2.46 bits per heavy atom. The number of nitrogens with one attached hydrogen (secondary N) is 1. The second-order valence-electron chi connectivity index (χ2n) is 8.92. The van der Waals surface area contributed by atoms with Crippen molar-refractivity contribution >= 4 is 17.8 Å². The first-order valence-corrected chi connectivity index (χ1v) is 11.0. The predicted octanol–water partition coefficient (Wildman–Crippen LogP) is 4.95. The van der Waals surface area contributed by atoms with E-state index in [1.165, 1.54) is 6.92 Å². The fraction of sp³-hybridized carbons (Fsp3) is 0.333. The Morgan fingerprint density at radius 2 is 1.86 bits per heavy atom. The summed E-state index contributed by atoms with van der Waals surface area (Å²) >= 11 is 0. The summed E-state index contributed by atoms with van der Waals surface area (Å²) in [6, 6.07) is 11.2. The van der Waals surface area contributed by atoms with Crippen molar-refractivity contribution in [2.45, 2.75) is 53.2 Å². The third-order valence-electron chi connectivity index (χ3n) is 4.91. The maximum Gasteiger partial charge on any atom is 0.410 e. The quantitative estimate of drug-likeness (QED) is 0.534. The van der Waals surface area contributed by atoms with Gasteiger partial charge in [0.15, 0.2) is 0 Å². The molecule has 0 fully saturated rings. The normalized spacial score (nSPS) is 13.4. The summed E-state index contributed by atoms with van der Waals surface area (Å²) < 4.78 is 33.9. The van der Waals surface area contributed by atoms with Gasteiger partial charge in [-0.2, -0.15) is 0 Å². The van der Waals surface area contributed by atoms with Crippen molar-refractivity contribution in [2.75, 3.05) is 12.3 Å². The average Bonchev–Trinajstić information content (AvgIpc) is 3.14. The molecule has 0 aliphatic heterocycles. The number of ether oxygens (including phenoxy) is 1. The van der Waals surface area contributed by atoms with Crippen LogP contribution in [0.2, 0.25) is 0 Å². The molecule has 3 aromatic rings. The molecule has 1 unspecified atom stereocenters. The zero-order chi connectivity index (χ0) is 28.3. The van der Waals surface area contributed by atoms with Gasteiger partial charge in [0.25, 0.3) is 0 Å². The average molecular weight is 478 g/mol. The SMILES string of the molecule is [2H]C([2H])([2H])N(C(=O)OC(C)(C)C)C(C)C(=O)Nc1ccc(-c2c(C)noc2C)c(C#Cc2ccccc2)n1. The van der Waals surface area contributed by atoms with Crippen LogP contribution < -0.4 is 5.32 Å². The van der Waals surface area contributed by atoms with Gasteiger partial charge in [0.05, 0.1) is 11.3 Å². The van der Waals surface area contributed by atoms with Gasteiger partial charge in [0.1, 0.15) is 28.9 Å². The molecule has 0 aliphatic carbocycles. The number of carbonyl (C=O) groups is 2. The molecule has 1 N–H and O–H groups in total. The fourth-order valence-corrected chi connectivity index (χ4v) is 3.16. The summed E-state index contributed by atoms with van der Waals surface area (Å²) in [6.45, 7) is 6.80. The Balaban J connectivity index is 1.96. The maximum absolute atomic E-state index is 13.1. The van der Waals surface area contributed by atoms with Gasteiger partial charge < -0.3 is 14.6 Å². The molecule has 35 heavy (non-hydrogen) atoms. The Labute approximate surface area is 209 Å². The van der Waals surface area contributed by atoms with Gasteiger partial charge in [-0.05, 0) is 71.7 Å². The lowest BCUT2D eigenvalue weighted by Crippen LogP contribution is -2.45. The molecule has 8 nitrogen and oxygen atoms in total. The van der Waals surface area contributed by atoms with E-state index in [0.717, 1.165) is 11.1 Å². The van der Waals surface area contributed by atoms with Crippen molar-refractivity contribution in [3.05, 3.63) is 65.2 Å². The minimum absolute atomic E-state index is 0.129. The van der Waals surface area contributed by atoms with E-state index in [0.29, 0.717) is 27.6 Å². The number of hydrogen-bond acceptors (Lipinski definition) is 6. The van der Waals surface area contributed by atoms with Crippen LogP contribution in [-0.4, -0.2) is 45.7 Å². The molecular formula is C27H30N4O4. The number of likely N-dealkylation sites (N-methyl/N-ethyl adjacent to an activating group) is 1. The summed E-state index contributed by atoms with van der Waals surface area (Å²) in [5.41, 5.74) is 2.23. The second-order valence-corrected chi connectivity index (χ2v) is 8.92. The van der Waals surface area contributed by atoms with Gasteiger partial charge in [-0.25, -0.2) is 9.78 Å². The largest absolute Gasteiger partial charge is 0.444 e. The smallest absolute Gasteiger partial charge is 0.410 e. The van der Waals surface area contributed by atoms with Gasteiger partial charge in [-0.1, -0.05) is 29.3 Å². The minimum Gasteiger partial charge on any atom is -0.444 e. The summed E-state index contributed by atoms with van der Waals surface area (Å²) in [7, 11) is 0. The number of rotatable bonds is 4. The molecule has 0 bridgehead atoms. The van der Waals surface area contributed by atoms with Gasteiger partial charge >= 0.3 is 6.09 Å². The van der Waals surface area contributed by atoms with Gasteiger partial charge in [0.2, 0.25) is 5.91 Å². The van der Waals surface area contributed by atoms with E-state index in [1.54, 1.807) is 46.8 Å². The number of carbonyl (C=O) groups excluding carboxylic acids is 2. The van der Waals surface area contributed by atoms with Crippen LogP contribution in [0.25, 0.3) is 11.1 Å². The summed E-state index contributed by atoms with van der Waals surface area (Å²) in [5, 5.41) is 6.60. The number of aromatic nitrogens is 2. The van der Waals surface area contributed by atoms with E-state index in [1.807, 2.05) is 30.3 Å². The molecule has 2 amide bonds. The van der Waals surface area contributed by atoms with Crippen LogP contribution in [0.15, 0.2) is 47.0 Å².